The molecule has 3 N–H and O–H groups in total. The van der Waals surface area contributed by atoms with Crippen LogP contribution in [0.4, 0.5) is 5.69 Å². The van der Waals surface area contributed by atoms with Crippen LogP contribution in [0.15, 0.2) is 35.3 Å². The van der Waals surface area contributed by atoms with Crippen molar-refractivity contribution >= 4 is 11.7 Å². The highest BCUT2D eigenvalue weighted by molar-refractivity contribution is 5.88. The molecule has 2 rings (SSSR count). The van der Waals surface area contributed by atoms with Gasteiger partial charge in [-0.2, -0.15) is 0 Å². The Morgan fingerprint density at radius 3 is 2.63 bits per heavy atom. The molecular weight excluding hydrogens is 246 g/mol. The van der Waals surface area contributed by atoms with Gasteiger partial charge in [-0.15, -0.1) is 0 Å². The number of ether oxygens (including phenoxy) is 1. The average molecular weight is 259 g/mol. The van der Waals surface area contributed by atoms with E-state index in [1.54, 1.807) is 31.2 Å². The smallest absolute Gasteiger partial charge is 0.345 e. The Kier molecular flexibility index (Phi) is 3.61. The summed E-state index contributed by atoms with van der Waals surface area (Å²) < 4.78 is 4.75. The Labute approximate surface area is 109 Å². The van der Waals surface area contributed by atoms with Crippen LogP contribution >= 0.6 is 0 Å². The maximum Gasteiger partial charge on any atom is 0.345 e. The van der Waals surface area contributed by atoms with E-state index in [0.29, 0.717) is 17.1 Å². The second kappa shape index (κ2) is 5.34. The normalized spacial score (nSPS) is 10.2. The molecule has 1 heterocycles. The zero-order valence-electron chi connectivity index (χ0n) is 10.3. The molecule has 0 amide bonds. The lowest BCUT2D eigenvalue weighted by Gasteiger charge is -2.03. The van der Waals surface area contributed by atoms with Crippen LogP contribution in [0.5, 0.6) is 0 Å². The fourth-order valence-electron chi connectivity index (χ4n) is 1.54. The number of benzene rings is 1. The van der Waals surface area contributed by atoms with Crippen LogP contribution in [0.1, 0.15) is 17.3 Å². The number of hydrogen-bond donors (Lipinski definition) is 2. The molecule has 6 heteroatoms. The molecule has 0 unspecified atom stereocenters. The average Bonchev–Trinajstić information content (AvgIpc) is 2.39. The molecule has 0 radical (unpaired) electrons. The third kappa shape index (κ3) is 2.79. The van der Waals surface area contributed by atoms with Crippen LogP contribution in [-0.4, -0.2) is 22.5 Å². The van der Waals surface area contributed by atoms with Crippen LogP contribution in [0, 0.1) is 0 Å². The van der Waals surface area contributed by atoms with Crippen molar-refractivity contribution in [2.45, 2.75) is 6.92 Å². The lowest BCUT2D eigenvalue weighted by atomic mass is 10.2. The lowest BCUT2D eigenvalue weighted by Crippen LogP contribution is -2.20. The molecule has 0 aliphatic carbocycles. The highest BCUT2D eigenvalue weighted by atomic mass is 16.5. The molecule has 2 aromatic rings. The van der Waals surface area contributed by atoms with Crippen molar-refractivity contribution in [2.24, 2.45) is 0 Å². The van der Waals surface area contributed by atoms with E-state index in [1.807, 2.05) is 0 Å². The van der Waals surface area contributed by atoms with Crippen molar-refractivity contribution in [1.29, 1.82) is 0 Å². The van der Waals surface area contributed by atoms with Gasteiger partial charge in [0.15, 0.2) is 0 Å². The lowest BCUT2D eigenvalue weighted by molar-refractivity contribution is 0.0524. The van der Waals surface area contributed by atoms with E-state index < -0.39 is 11.5 Å². The van der Waals surface area contributed by atoms with Gasteiger partial charge < -0.3 is 15.5 Å². The number of nitrogens with two attached hydrogens (primary N) is 1. The summed E-state index contributed by atoms with van der Waals surface area (Å²) in [6.07, 6.45) is 1.21. The summed E-state index contributed by atoms with van der Waals surface area (Å²) in [5, 5.41) is 0. The minimum atomic E-state index is -0.680. The van der Waals surface area contributed by atoms with Gasteiger partial charge in [0.05, 0.1) is 6.61 Å². The van der Waals surface area contributed by atoms with Crippen LogP contribution in [0.25, 0.3) is 11.4 Å². The topological polar surface area (TPSA) is 98.1 Å². The van der Waals surface area contributed by atoms with Crippen molar-refractivity contribution in [3.05, 3.63) is 46.4 Å². The zero-order valence-corrected chi connectivity index (χ0v) is 10.3. The monoisotopic (exact) mass is 259 g/mol. The molecule has 0 bridgehead atoms. The van der Waals surface area contributed by atoms with Gasteiger partial charge in [0, 0.05) is 17.4 Å². The van der Waals surface area contributed by atoms with E-state index in [4.69, 9.17) is 10.5 Å². The Morgan fingerprint density at radius 1 is 1.37 bits per heavy atom. The predicted octanol–water partition coefficient (Wildman–Crippen LogP) is 1.20. The quantitative estimate of drug-likeness (QED) is 0.637. The molecule has 0 aliphatic heterocycles. The number of hydrogen-bond acceptors (Lipinski definition) is 5. The number of carbonyl (C=O) groups excluding carboxylic acids is 1. The number of nitrogens with zero attached hydrogens (tertiary/aromatic N) is 1. The first kappa shape index (κ1) is 12.8. The number of aromatic amines is 1. The Hall–Kier alpha value is -2.63. The van der Waals surface area contributed by atoms with Crippen molar-refractivity contribution < 1.29 is 9.53 Å². The number of carbonyl (C=O) groups is 1. The number of nitrogens with one attached hydrogen (secondary N) is 1. The molecule has 0 atom stereocenters. The van der Waals surface area contributed by atoms with E-state index in [9.17, 15) is 9.59 Å². The largest absolute Gasteiger partial charge is 0.462 e. The molecule has 0 saturated heterocycles. The molecular formula is C13H13N3O3. The number of esters is 1. The van der Waals surface area contributed by atoms with Crippen LogP contribution in [-0.2, 0) is 4.74 Å². The zero-order chi connectivity index (χ0) is 13.8. The van der Waals surface area contributed by atoms with Gasteiger partial charge >= 0.3 is 5.97 Å². The Bertz CT molecular complexity index is 647. The molecule has 0 saturated carbocycles. The fourth-order valence-corrected chi connectivity index (χ4v) is 1.54. The minimum Gasteiger partial charge on any atom is -0.462 e. The molecule has 6 nitrogen and oxygen atoms in total. The maximum atomic E-state index is 11.8. The van der Waals surface area contributed by atoms with E-state index in [0.717, 1.165) is 0 Å². The third-order valence-corrected chi connectivity index (χ3v) is 2.48. The van der Waals surface area contributed by atoms with E-state index in [2.05, 4.69) is 9.97 Å². The number of aromatic nitrogens is 2. The van der Waals surface area contributed by atoms with Gasteiger partial charge in [-0.1, -0.05) is 0 Å². The third-order valence-electron chi connectivity index (χ3n) is 2.48. The van der Waals surface area contributed by atoms with Crippen molar-refractivity contribution in [3.63, 3.8) is 0 Å². The molecule has 0 fully saturated rings. The first-order chi connectivity index (χ1) is 9.11. The Morgan fingerprint density at radius 2 is 2.05 bits per heavy atom. The molecule has 0 aliphatic rings. The maximum absolute atomic E-state index is 11.8. The standard InChI is InChI=1S/C13H13N3O3/c1-2-19-13(18)10-7-15-11(16-12(10)17)8-3-5-9(14)6-4-8/h3-7H,2,14H2,1H3,(H,15,16,17). The van der Waals surface area contributed by atoms with E-state index in [-0.39, 0.29) is 12.2 Å². The van der Waals surface area contributed by atoms with E-state index in [1.165, 1.54) is 6.20 Å². The fraction of sp³-hybridized carbons (Fsp3) is 0.154. The second-order valence-electron chi connectivity index (χ2n) is 3.82. The first-order valence-electron chi connectivity index (χ1n) is 5.74. The van der Waals surface area contributed by atoms with E-state index >= 15 is 0 Å². The summed E-state index contributed by atoms with van der Waals surface area (Å²) in [7, 11) is 0. The van der Waals surface area contributed by atoms with Gasteiger partial charge in [0.1, 0.15) is 11.4 Å². The van der Waals surface area contributed by atoms with Gasteiger partial charge in [0.25, 0.3) is 5.56 Å². The number of rotatable bonds is 3. The number of H-pyrrole nitrogens is 1. The number of nitrogen functional groups attached to an aromatic ring is 1. The molecule has 0 spiro atoms. The van der Waals surface area contributed by atoms with Crippen molar-refractivity contribution in [1.82, 2.24) is 9.97 Å². The summed E-state index contributed by atoms with van der Waals surface area (Å²) in [6.45, 7) is 1.88. The van der Waals surface area contributed by atoms with Crippen LogP contribution < -0.4 is 11.3 Å². The van der Waals surface area contributed by atoms with Gasteiger partial charge in [-0.3, -0.25) is 4.79 Å². The highest BCUT2D eigenvalue weighted by Gasteiger charge is 2.13. The Balaban J connectivity index is 2.36. The molecule has 1 aromatic carbocycles. The SMILES string of the molecule is CCOC(=O)c1cnc(-c2ccc(N)cc2)[nH]c1=O. The van der Waals surface area contributed by atoms with Crippen molar-refractivity contribution in [2.75, 3.05) is 12.3 Å². The summed E-state index contributed by atoms with van der Waals surface area (Å²) >= 11 is 0. The van der Waals surface area contributed by atoms with Gasteiger partial charge in [-0.05, 0) is 31.2 Å². The van der Waals surface area contributed by atoms with Crippen LogP contribution in [0.2, 0.25) is 0 Å². The molecule has 98 valence electrons. The van der Waals surface area contributed by atoms with Gasteiger partial charge in [-0.25, -0.2) is 9.78 Å². The summed E-state index contributed by atoms with van der Waals surface area (Å²) in [4.78, 5) is 29.8. The van der Waals surface area contributed by atoms with Gasteiger partial charge in [0.2, 0.25) is 0 Å². The second-order valence-corrected chi connectivity index (χ2v) is 3.82. The summed E-state index contributed by atoms with van der Waals surface area (Å²) in [6, 6.07) is 6.87. The number of anilines is 1. The summed E-state index contributed by atoms with van der Waals surface area (Å²) in [5.41, 5.74) is 6.27. The molecule has 1 aromatic heterocycles. The van der Waals surface area contributed by atoms with Crippen molar-refractivity contribution in [3.8, 4) is 11.4 Å². The first-order valence-corrected chi connectivity index (χ1v) is 5.74. The predicted molar refractivity (Wildman–Crippen MR) is 70.7 cm³/mol. The van der Waals surface area contributed by atoms with Crippen LogP contribution in [0.3, 0.4) is 0 Å². The molecule has 19 heavy (non-hydrogen) atoms. The minimum absolute atomic E-state index is 0.110. The summed E-state index contributed by atoms with van der Waals surface area (Å²) in [5.74, 6) is -0.307. The highest BCUT2D eigenvalue weighted by Crippen LogP contribution is 2.15.